The fourth-order valence-electron chi connectivity index (χ4n) is 8.55. The molecular formula is C58H109NO5. The molecule has 0 aromatic carbocycles. The van der Waals surface area contributed by atoms with Gasteiger partial charge in [-0.1, -0.05) is 256 Å². The first-order valence-corrected chi connectivity index (χ1v) is 28.3. The van der Waals surface area contributed by atoms with Gasteiger partial charge in [0.05, 0.1) is 25.4 Å². The van der Waals surface area contributed by atoms with E-state index in [0.717, 1.165) is 51.4 Å². The van der Waals surface area contributed by atoms with Gasteiger partial charge in [0, 0.05) is 12.8 Å². The molecule has 1 amide bonds. The third-order valence-corrected chi connectivity index (χ3v) is 12.9. The van der Waals surface area contributed by atoms with Gasteiger partial charge in [-0.3, -0.25) is 9.59 Å². The van der Waals surface area contributed by atoms with Crippen LogP contribution in [0, 0.1) is 0 Å². The van der Waals surface area contributed by atoms with Crippen molar-refractivity contribution in [2.45, 2.75) is 309 Å². The lowest BCUT2D eigenvalue weighted by Crippen LogP contribution is -2.45. The highest BCUT2D eigenvalue weighted by Crippen LogP contribution is 2.16. The smallest absolute Gasteiger partial charge is 0.305 e. The second-order valence-corrected chi connectivity index (χ2v) is 19.3. The van der Waals surface area contributed by atoms with E-state index < -0.39 is 12.1 Å². The van der Waals surface area contributed by atoms with Gasteiger partial charge in [0.25, 0.3) is 0 Å². The molecule has 0 aliphatic carbocycles. The van der Waals surface area contributed by atoms with Crippen LogP contribution in [0.15, 0.2) is 36.5 Å². The second kappa shape index (κ2) is 53.7. The van der Waals surface area contributed by atoms with E-state index >= 15 is 0 Å². The van der Waals surface area contributed by atoms with E-state index in [1.54, 1.807) is 6.08 Å². The van der Waals surface area contributed by atoms with Gasteiger partial charge in [0.2, 0.25) is 5.91 Å². The summed E-state index contributed by atoms with van der Waals surface area (Å²) in [4.78, 5) is 24.5. The minimum Gasteiger partial charge on any atom is -0.466 e. The first-order valence-electron chi connectivity index (χ1n) is 28.3. The lowest BCUT2D eigenvalue weighted by Gasteiger charge is -2.20. The largest absolute Gasteiger partial charge is 0.466 e. The highest BCUT2D eigenvalue weighted by molar-refractivity contribution is 5.76. The number of aliphatic hydroxyl groups is 2. The molecule has 0 saturated heterocycles. The molecule has 0 heterocycles. The molecule has 0 bridgehead atoms. The number of carbonyl (C=O) groups is 2. The van der Waals surface area contributed by atoms with Crippen LogP contribution in [-0.4, -0.2) is 47.4 Å². The maximum atomic E-state index is 12.4. The van der Waals surface area contributed by atoms with E-state index in [2.05, 4.69) is 43.5 Å². The average Bonchev–Trinajstić information content (AvgIpc) is 3.29. The minimum absolute atomic E-state index is 0.000122. The third kappa shape index (κ3) is 49.5. The van der Waals surface area contributed by atoms with E-state index in [4.69, 9.17) is 4.74 Å². The molecule has 0 spiro atoms. The molecule has 0 saturated carbocycles. The molecule has 0 aromatic rings. The van der Waals surface area contributed by atoms with Crippen molar-refractivity contribution in [3.05, 3.63) is 36.5 Å². The summed E-state index contributed by atoms with van der Waals surface area (Å²) in [6.07, 6.45) is 65.9. The van der Waals surface area contributed by atoms with Crippen LogP contribution in [0.2, 0.25) is 0 Å². The van der Waals surface area contributed by atoms with Gasteiger partial charge in [-0.15, -0.1) is 0 Å². The fraction of sp³-hybridized carbons (Fsp3) is 0.862. The van der Waals surface area contributed by atoms with Crippen LogP contribution in [0.1, 0.15) is 296 Å². The molecule has 0 aliphatic rings. The summed E-state index contributed by atoms with van der Waals surface area (Å²) >= 11 is 0. The monoisotopic (exact) mass is 900 g/mol. The standard InChI is InChI=1S/C58H109NO5/c1-3-5-7-9-11-13-15-16-17-21-25-28-32-36-40-44-48-52-58(63)64-53-49-45-41-37-33-29-26-23-20-18-19-22-24-27-31-35-39-43-47-51-57(62)59-55(54-60)56(61)50-46-42-38-34-30-14-12-10-8-6-4-2/h11,13,16-17,46,50,55-56,60-61H,3-10,12,14-15,18-45,47-49,51-54H2,1-2H3,(H,59,62)/b13-11-,17-16-,50-46+. The van der Waals surface area contributed by atoms with E-state index in [-0.39, 0.29) is 18.5 Å². The van der Waals surface area contributed by atoms with Crippen molar-refractivity contribution in [3.63, 3.8) is 0 Å². The summed E-state index contributed by atoms with van der Waals surface area (Å²) in [6.45, 7) is 4.86. The van der Waals surface area contributed by atoms with Gasteiger partial charge < -0.3 is 20.3 Å². The van der Waals surface area contributed by atoms with E-state index in [1.165, 1.54) is 218 Å². The molecular weight excluding hydrogens is 791 g/mol. The van der Waals surface area contributed by atoms with Crippen LogP contribution in [0.25, 0.3) is 0 Å². The van der Waals surface area contributed by atoms with Crippen molar-refractivity contribution in [2.75, 3.05) is 13.2 Å². The summed E-state index contributed by atoms with van der Waals surface area (Å²) in [5.41, 5.74) is 0. The quantitative estimate of drug-likeness (QED) is 0.0321. The Morgan fingerprint density at radius 1 is 0.438 bits per heavy atom. The van der Waals surface area contributed by atoms with Gasteiger partial charge in [-0.2, -0.15) is 0 Å². The van der Waals surface area contributed by atoms with Gasteiger partial charge >= 0.3 is 5.97 Å². The van der Waals surface area contributed by atoms with Crippen LogP contribution in [0.4, 0.5) is 0 Å². The summed E-state index contributed by atoms with van der Waals surface area (Å²) in [5, 5.41) is 23.0. The average molecular weight is 901 g/mol. The molecule has 376 valence electrons. The lowest BCUT2D eigenvalue weighted by molar-refractivity contribution is -0.143. The van der Waals surface area contributed by atoms with Gasteiger partial charge in [-0.05, 0) is 64.2 Å². The van der Waals surface area contributed by atoms with Crippen molar-refractivity contribution in [3.8, 4) is 0 Å². The number of ether oxygens (including phenoxy) is 1. The number of aliphatic hydroxyl groups excluding tert-OH is 2. The van der Waals surface area contributed by atoms with Crippen LogP contribution >= 0.6 is 0 Å². The van der Waals surface area contributed by atoms with Crippen LogP contribution in [0.3, 0.4) is 0 Å². The Morgan fingerprint density at radius 2 is 0.781 bits per heavy atom. The minimum atomic E-state index is -0.845. The number of hydrogen-bond donors (Lipinski definition) is 3. The predicted molar refractivity (Wildman–Crippen MR) is 278 cm³/mol. The van der Waals surface area contributed by atoms with Gasteiger partial charge in [0.15, 0.2) is 0 Å². The number of amides is 1. The van der Waals surface area contributed by atoms with E-state index in [1.807, 2.05) is 6.08 Å². The summed E-state index contributed by atoms with van der Waals surface area (Å²) in [6, 6.07) is -0.629. The van der Waals surface area contributed by atoms with Crippen LogP contribution < -0.4 is 5.32 Å². The number of allylic oxidation sites excluding steroid dienone is 5. The zero-order valence-corrected chi connectivity index (χ0v) is 42.8. The molecule has 0 radical (unpaired) electrons. The van der Waals surface area contributed by atoms with Crippen molar-refractivity contribution in [1.82, 2.24) is 5.32 Å². The maximum Gasteiger partial charge on any atom is 0.305 e. The Balaban J connectivity index is 3.40. The summed E-state index contributed by atoms with van der Waals surface area (Å²) in [5.74, 6) is -0.0723. The molecule has 0 aliphatic heterocycles. The zero-order chi connectivity index (χ0) is 46.5. The Bertz CT molecular complexity index is 1040. The highest BCUT2D eigenvalue weighted by atomic mass is 16.5. The van der Waals surface area contributed by atoms with Crippen molar-refractivity contribution < 1.29 is 24.5 Å². The molecule has 0 aromatic heterocycles. The first-order chi connectivity index (χ1) is 31.5. The Morgan fingerprint density at radius 3 is 1.22 bits per heavy atom. The molecule has 64 heavy (non-hydrogen) atoms. The van der Waals surface area contributed by atoms with E-state index in [0.29, 0.717) is 19.4 Å². The SMILES string of the molecule is CCCCC/C=C\C/C=C\CCCCCCCCCC(=O)OCCCCCCCCCCCCCCCCCCCCCC(=O)NC(CO)C(O)/C=C/CCCCCCCCCCC. The molecule has 0 fully saturated rings. The Kier molecular flexibility index (Phi) is 52.1. The lowest BCUT2D eigenvalue weighted by atomic mass is 10.0. The second-order valence-electron chi connectivity index (χ2n) is 19.3. The molecule has 6 nitrogen and oxygen atoms in total. The van der Waals surface area contributed by atoms with Gasteiger partial charge in [-0.25, -0.2) is 0 Å². The number of unbranched alkanes of at least 4 members (excludes halogenated alkanes) is 37. The number of nitrogens with one attached hydrogen (secondary N) is 1. The number of carbonyl (C=O) groups excluding carboxylic acids is 2. The Labute approximate surface area is 398 Å². The van der Waals surface area contributed by atoms with Crippen molar-refractivity contribution >= 4 is 11.9 Å². The molecule has 2 atom stereocenters. The number of rotatable bonds is 52. The topological polar surface area (TPSA) is 95.9 Å². The third-order valence-electron chi connectivity index (χ3n) is 12.9. The van der Waals surface area contributed by atoms with Crippen molar-refractivity contribution in [2.24, 2.45) is 0 Å². The molecule has 2 unspecified atom stereocenters. The summed E-state index contributed by atoms with van der Waals surface area (Å²) < 4.78 is 5.48. The maximum absolute atomic E-state index is 12.4. The zero-order valence-electron chi connectivity index (χ0n) is 42.8. The predicted octanol–water partition coefficient (Wildman–Crippen LogP) is 17.2. The fourth-order valence-corrected chi connectivity index (χ4v) is 8.55. The van der Waals surface area contributed by atoms with Crippen LogP contribution in [0.5, 0.6) is 0 Å². The number of esters is 1. The Hall–Kier alpha value is -1.92. The summed E-state index contributed by atoms with van der Waals surface area (Å²) in [7, 11) is 0. The molecule has 3 N–H and O–H groups in total. The molecule has 0 rings (SSSR count). The van der Waals surface area contributed by atoms with Crippen LogP contribution in [-0.2, 0) is 14.3 Å². The van der Waals surface area contributed by atoms with E-state index in [9.17, 15) is 19.8 Å². The van der Waals surface area contributed by atoms with Gasteiger partial charge in [0.1, 0.15) is 0 Å². The molecule has 6 heteroatoms. The number of hydrogen-bond acceptors (Lipinski definition) is 5. The van der Waals surface area contributed by atoms with Crippen molar-refractivity contribution in [1.29, 1.82) is 0 Å². The highest BCUT2D eigenvalue weighted by Gasteiger charge is 2.18. The first kappa shape index (κ1) is 62.1. The normalized spacial score (nSPS) is 12.9.